The maximum Gasteiger partial charge on any atom is 0.142 e. The largest absolute Gasteiger partial charge is 0.310 e. The lowest BCUT2D eigenvalue weighted by atomic mass is 9.98. The summed E-state index contributed by atoms with van der Waals surface area (Å²) in [5.41, 5.74) is 1.43. The Kier molecular flexibility index (Phi) is 5.73. The van der Waals surface area contributed by atoms with Gasteiger partial charge in [-0.3, -0.25) is 0 Å². The zero-order valence-electron chi connectivity index (χ0n) is 11.5. The summed E-state index contributed by atoms with van der Waals surface area (Å²) in [6, 6.07) is 9.59. The van der Waals surface area contributed by atoms with Crippen molar-refractivity contribution in [1.82, 2.24) is 5.32 Å². The van der Waals surface area contributed by atoms with Crippen LogP contribution in [0.4, 0.5) is 8.78 Å². The van der Waals surface area contributed by atoms with Crippen LogP contribution in [0.15, 0.2) is 40.9 Å². The van der Waals surface area contributed by atoms with Crippen molar-refractivity contribution >= 4 is 27.5 Å². The second-order valence-electron chi connectivity index (χ2n) is 4.71. The summed E-state index contributed by atoms with van der Waals surface area (Å²) in [6.07, 6.45) is 0.529. The Morgan fingerprint density at radius 2 is 2.00 bits per heavy atom. The van der Waals surface area contributed by atoms with E-state index in [0.717, 1.165) is 5.56 Å². The van der Waals surface area contributed by atoms with Crippen molar-refractivity contribution in [2.75, 3.05) is 6.54 Å². The van der Waals surface area contributed by atoms with Gasteiger partial charge in [-0.15, -0.1) is 0 Å². The highest BCUT2D eigenvalue weighted by atomic mass is 79.9. The van der Waals surface area contributed by atoms with Gasteiger partial charge in [-0.1, -0.05) is 36.7 Å². The SMILES string of the molecule is CCNC(Cc1ccc(F)c(Cl)c1)c1cccc(Br)c1F. The third-order valence-corrected chi connectivity index (χ3v) is 4.13. The topological polar surface area (TPSA) is 12.0 Å². The summed E-state index contributed by atoms with van der Waals surface area (Å²) in [5.74, 6) is -0.731. The van der Waals surface area contributed by atoms with Crippen LogP contribution in [0.3, 0.4) is 0 Å². The monoisotopic (exact) mass is 373 g/mol. The Labute approximate surface area is 136 Å². The predicted molar refractivity (Wildman–Crippen MR) is 85.6 cm³/mol. The summed E-state index contributed by atoms with van der Waals surface area (Å²) in [4.78, 5) is 0. The number of rotatable bonds is 5. The highest BCUT2D eigenvalue weighted by Gasteiger charge is 2.17. The molecule has 0 aliphatic heterocycles. The van der Waals surface area contributed by atoms with Crippen molar-refractivity contribution < 1.29 is 8.78 Å². The van der Waals surface area contributed by atoms with Crippen molar-refractivity contribution in [3.05, 3.63) is 68.7 Å². The number of hydrogen-bond acceptors (Lipinski definition) is 1. The molecule has 5 heteroatoms. The molecule has 2 aromatic rings. The van der Waals surface area contributed by atoms with Crippen LogP contribution in [0.1, 0.15) is 24.1 Å². The highest BCUT2D eigenvalue weighted by molar-refractivity contribution is 9.10. The Hall–Kier alpha value is -0.970. The van der Waals surface area contributed by atoms with Crippen molar-refractivity contribution in [2.24, 2.45) is 0 Å². The summed E-state index contributed by atoms with van der Waals surface area (Å²) in [7, 11) is 0. The third kappa shape index (κ3) is 4.02. The molecule has 0 aromatic heterocycles. The molecule has 0 aliphatic rings. The van der Waals surface area contributed by atoms with Crippen molar-refractivity contribution in [1.29, 1.82) is 0 Å². The number of benzene rings is 2. The molecule has 0 saturated heterocycles. The first kappa shape index (κ1) is 16.4. The number of hydrogen-bond donors (Lipinski definition) is 1. The van der Waals surface area contributed by atoms with Gasteiger partial charge in [-0.25, -0.2) is 8.78 Å². The lowest BCUT2D eigenvalue weighted by Crippen LogP contribution is -2.24. The van der Waals surface area contributed by atoms with Gasteiger partial charge in [0.15, 0.2) is 0 Å². The fraction of sp³-hybridized carbons (Fsp3) is 0.250. The number of likely N-dealkylation sites (N-methyl/N-ethyl adjacent to an activating group) is 1. The van der Waals surface area contributed by atoms with Gasteiger partial charge in [0.1, 0.15) is 11.6 Å². The molecule has 0 bridgehead atoms. The molecule has 0 aliphatic carbocycles. The third-order valence-electron chi connectivity index (χ3n) is 3.23. The minimum absolute atomic E-state index is 0.0810. The summed E-state index contributed by atoms with van der Waals surface area (Å²) in [5, 5.41) is 3.33. The average molecular weight is 375 g/mol. The molecule has 0 radical (unpaired) electrons. The molecule has 2 rings (SSSR count). The van der Waals surface area contributed by atoms with E-state index in [1.54, 1.807) is 30.3 Å². The zero-order chi connectivity index (χ0) is 15.4. The van der Waals surface area contributed by atoms with E-state index in [1.807, 2.05) is 6.92 Å². The maximum atomic E-state index is 14.2. The zero-order valence-corrected chi connectivity index (χ0v) is 13.8. The van der Waals surface area contributed by atoms with E-state index in [-0.39, 0.29) is 16.9 Å². The molecule has 0 fully saturated rings. The summed E-state index contributed by atoms with van der Waals surface area (Å²) in [6.45, 7) is 2.66. The van der Waals surface area contributed by atoms with Gasteiger partial charge < -0.3 is 5.32 Å². The van der Waals surface area contributed by atoms with E-state index in [2.05, 4.69) is 21.2 Å². The number of nitrogens with one attached hydrogen (secondary N) is 1. The Morgan fingerprint density at radius 1 is 1.24 bits per heavy atom. The minimum Gasteiger partial charge on any atom is -0.310 e. The van der Waals surface area contributed by atoms with Gasteiger partial charge in [0.2, 0.25) is 0 Å². The van der Waals surface area contributed by atoms with Crippen LogP contribution < -0.4 is 5.32 Å². The first-order valence-electron chi connectivity index (χ1n) is 6.64. The van der Waals surface area contributed by atoms with E-state index in [1.165, 1.54) is 6.07 Å². The van der Waals surface area contributed by atoms with Crippen molar-refractivity contribution in [2.45, 2.75) is 19.4 Å². The lowest BCUT2D eigenvalue weighted by Gasteiger charge is -2.20. The molecule has 2 aromatic carbocycles. The van der Waals surface area contributed by atoms with Gasteiger partial charge in [0.25, 0.3) is 0 Å². The van der Waals surface area contributed by atoms with Crippen LogP contribution >= 0.6 is 27.5 Å². The van der Waals surface area contributed by atoms with Crippen LogP contribution in [-0.2, 0) is 6.42 Å². The average Bonchev–Trinajstić information content (AvgIpc) is 2.45. The van der Waals surface area contributed by atoms with E-state index in [0.29, 0.717) is 23.0 Å². The minimum atomic E-state index is -0.450. The molecule has 112 valence electrons. The van der Waals surface area contributed by atoms with E-state index in [4.69, 9.17) is 11.6 Å². The van der Waals surface area contributed by atoms with Gasteiger partial charge in [0, 0.05) is 11.6 Å². The Morgan fingerprint density at radius 3 is 2.67 bits per heavy atom. The maximum absolute atomic E-state index is 14.2. The van der Waals surface area contributed by atoms with Crippen LogP contribution in [0.2, 0.25) is 5.02 Å². The second kappa shape index (κ2) is 7.34. The normalized spacial score (nSPS) is 12.4. The number of halogens is 4. The summed E-state index contributed by atoms with van der Waals surface area (Å²) >= 11 is 9.00. The molecule has 0 amide bonds. The van der Waals surface area contributed by atoms with Crippen LogP contribution in [-0.4, -0.2) is 6.54 Å². The van der Waals surface area contributed by atoms with Crippen LogP contribution in [0, 0.1) is 11.6 Å². The van der Waals surface area contributed by atoms with E-state index < -0.39 is 5.82 Å². The molecule has 21 heavy (non-hydrogen) atoms. The molecule has 1 atom stereocenters. The molecular formula is C16H15BrClF2N. The Balaban J connectivity index is 2.30. The molecule has 1 nitrogen and oxygen atoms in total. The quantitative estimate of drug-likeness (QED) is 0.751. The first-order valence-corrected chi connectivity index (χ1v) is 7.81. The smallest absolute Gasteiger partial charge is 0.142 e. The predicted octanol–water partition coefficient (Wildman–Crippen LogP) is 5.27. The highest BCUT2D eigenvalue weighted by Crippen LogP contribution is 2.27. The Bertz CT molecular complexity index is 634. The molecule has 0 heterocycles. The van der Waals surface area contributed by atoms with Gasteiger partial charge >= 0.3 is 0 Å². The van der Waals surface area contributed by atoms with Gasteiger partial charge in [-0.2, -0.15) is 0 Å². The first-order chi connectivity index (χ1) is 10.0. The fourth-order valence-electron chi connectivity index (χ4n) is 2.23. The van der Waals surface area contributed by atoms with Crippen molar-refractivity contribution in [3.63, 3.8) is 0 Å². The molecule has 1 N–H and O–H groups in total. The molecule has 1 unspecified atom stereocenters. The standard InChI is InChI=1S/C16H15BrClF2N/c1-2-21-15(11-4-3-5-12(17)16(11)20)9-10-6-7-14(19)13(18)8-10/h3-8,15,21H,2,9H2,1H3. The lowest BCUT2D eigenvalue weighted by molar-refractivity contribution is 0.507. The fourth-order valence-corrected chi connectivity index (χ4v) is 2.82. The van der Waals surface area contributed by atoms with E-state index in [9.17, 15) is 8.78 Å². The van der Waals surface area contributed by atoms with E-state index >= 15 is 0 Å². The second-order valence-corrected chi connectivity index (χ2v) is 5.97. The molecular weight excluding hydrogens is 360 g/mol. The van der Waals surface area contributed by atoms with Crippen LogP contribution in [0.25, 0.3) is 0 Å². The van der Waals surface area contributed by atoms with Crippen molar-refractivity contribution in [3.8, 4) is 0 Å². The molecule has 0 saturated carbocycles. The van der Waals surface area contributed by atoms with Gasteiger partial charge in [0.05, 0.1) is 9.50 Å². The molecule has 0 spiro atoms. The summed E-state index contributed by atoms with van der Waals surface area (Å²) < 4.78 is 27.9. The van der Waals surface area contributed by atoms with Gasteiger partial charge in [-0.05, 0) is 52.7 Å². The van der Waals surface area contributed by atoms with Crippen LogP contribution in [0.5, 0.6) is 0 Å².